The van der Waals surface area contributed by atoms with Crippen molar-refractivity contribution >= 4 is 23.8 Å². The molecule has 11 heteroatoms. The van der Waals surface area contributed by atoms with Gasteiger partial charge in [-0.3, -0.25) is 19.4 Å². The summed E-state index contributed by atoms with van der Waals surface area (Å²) in [5, 5.41) is 42.1. The number of carbonyl (C=O) groups excluding carboxylic acids is 3. The molecule has 5 atom stereocenters. The predicted octanol–water partition coefficient (Wildman–Crippen LogP) is 1.16. The highest BCUT2D eigenvalue weighted by Gasteiger charge is 2.45. The number of carbonyl (C=O) groups is 3. The SMILES string of the molecule is CC(=O)Oc1ccc2c(c1)C(=O)c1c(CC3=CCN=C3)c(O[C@H]3O[C@@H](C)[C@@H](O)[C@@H](O)[C@H]3O)c(C)c(O)c1C2=O. The van der Waals surface area contributed by atoms with Crippen LogP contribution >= 0.6 is 0 Å². The Morgan fingerprint density at radius 1 is 1.08 bits per heavy atom. The second kappa shape index (κ2) is 10.0. The van der Waals surface area contributed by atoms with Gasteiger partial charge >= 0.3 is 5.97 Å². The Kier molecular flexibility index (Phi) is 6.85. The van der Waals surface area contributed by atoms with E-state index in [0.29, 0.717) is 6.54 Å². The van der Waals surface area contributed by atoms with Crippen molar-refractivity contribution in [2.75, 3.05) is 6.54 Å². The zero-order chi connectivity index (χ0) is 28.2. The van der Waals surface area contributed by atoms with Gasteiger partial charge in [-0.15, -0.1) is 0 Å². The summed E-state index contributed by atoms with van der Waals surface area (Å²) in [5.41, 5.74) is 0.798. The van der Waals surface area contributed by atoms with Crippen LogP contribution in [0, 0.1) is 6.92 Å². The van der Waals surface area contributed by atoms with Crippen LogP contribution in [-0.2, 0) is 16.0 Å². The number of nitrogens with zero attached hydrogens (tertiary/aromatic N) is 1. The summed E-state index contributed by atoms with van der Waals surface area (Å²) in [6.07, 6.45) is -3.42. The number of aromatic hydroxyl groups is 1. The second-order valence-corrected chi connectivity index (χ2v) is 9.74. The average molecular weight is 538 g/mol. The molecule has 2 aromatic carbocycles. The van der Waals surface area contributed by atoms with E-state index in [4.69, 9.17) is 14.2 Å². The van der Waals surface area contributed by atoms with Crippen LogP contribution in [-0.4, -0.2) is 81.4 Å². The van der Waals surface area contributed by atoms with E-state index in [2.05, 4.69) is 4.99 Å². The van der Waals surface area contributed by atoms with Crippen LogP contribution in [0.2, 0.25) is 0 Å². The zero-order valence-electron chi connectivity index (χ0n) is 21.4. The van der Waals surface area contributed by atoms with E-state index < -0.39 is 54.0 Å². The third-order valence-corrected chi connectivity index (χ3v) is 7.09. The molecular weight excluding hydrogens is 510 g/mol. The van der Waals surface area contributed by atoms with Crippen molar-refractivity contribution < 1.29 is 49.0 Å². The molecular formula is C28H27NO10. The Morgan fingerprint density at radius 2 is 1.79 bits per heavy atom. The minimum atomic E-state index is -1.65. The Morgan fingerprint density at radius 3 is 2.46 bits per heavy atom. The molecule has 2 aromatic rings. The number of phenols is 1. The standard InChI is InChI=1S/C28H27NO10/c1-11-21(31)20-19(24(34)17-9-15(38-13(3)30)4-5-16(17)23(20)33)18(8-14-6-7-29-10-14)27(11)39-28-26(36)25(35)22(32)12(2)37-28/h4-6,9-10,12,22,25-26,28,31-32,35-36H,7-8H2,1-3H3/t12-,22+,25+,26+,28+/m0/s1. The maximum atomic E-state index is 13.9. The number of aliphatic hydroxyl groups excluding tert-OH is 3. The lowest BCUT2D eigenvalue weighted by molar-refractivity contribution is -0.268. The maximum absolute atomic E-state index is 13.9. The highest BCUT2D eigenvalue weighted by molar-refractivity contribution is 6.30. The fourth-order valence-corrected chi connectivity index (χ4v) is 5.05. The van der Waals surface area contributed by atoms with Crippen LogP contribution in [0.5, 0.6) is 17.2 Å². The number of rotatable bonds is 5. The monoisotopic (exact) mass is 537 g/mol. The molecule has 0 aromatic heterocycles. The molecule has 11 nitrogen and oxygen atoms in total. The first-order chi connectivity index (χ1) is 18.5. The van der Waals surface area contributed by atoms with Gasteiger partial charge in [-0.1, -0.05) is 6.08 Å². The number of aliphatic imine (C=N–C) groups is 1. The lowest BCUT2D eigenvalue weighted by atomic mass is 9.78. The fraction of sp³-hybridized carbons (Fsp3) is 0.357. The van der Waals surface area contributed by atoms with Gasteiger partial charge in [0, 0.05) is 47.4 Å². The number of aliphatic hydroxyl groups is 3. The largest absolute Gasteiger partial charge is 0.507 e. The Bertz CT molecular complexity index is 1460. The number of hydrogen-bond donors (Lipinski definition) is 4. The van der Waals surface area contributed by atoms with E-state index in [1.54, 1.807) is 6.21 Å². The zero-order valence-corrected chi connectivity index (χ0v) is 21.4. The van der Waals surface area contributed by atoms with E-state index in [1.165, 1.54) is 39.0 Å². The normalized spacial score (nSPS) is 25.7. The van der Waals surface area contributed by atoms with E-state index in [9.17, 15) is 34.8 Å². The molecule has 5 rings (SSSR count). The van der Waals surface area contributed by atoms with Crippen molar-refractivity contribution in [3.63, 3.8) is 0 Å². The quantitative estimate of drug-likeness (QED) is 0.273. The lowest BCUT2D eigenvalue weighted by Crippen LogP contribution is -2.58. The van der Waals surface area contributed by atoms with Crippen LogP contribution < -0.4 is 9.47 Å². The number of allylic oxidation sites excluding steroid dienone is 1. The van der Waals surface area contributed by atoms with Crippen molar-refractivity contribution in [1.82, 2.24) is 0 Å². The summed E-state index contributed by atoms with van der Waals surface area (Å²) in [7, 11) is 0. The molecule has 4 N–H and O–H groups in total. The van der Waals surface area contributed by atoms with Crippen molar-refractivity contribution in [3.8, 4) is 17.2 Å². The van der Waals surface area contributed by atoms with Gasteiger partial charge in [0.2, 0.25) is 6.29 Å². The molecule has 0 spiro atoms. The first-order valence-corrected chi connectivity index (χ1v) is 12.3. The van der Waals surface area contributed by atoms with Crippen molar-refractivity contribution in [1.29, 1.82) is 0 Å². The predicted molar refractivity (Wildman–Crippen MR) is 136 cm³/mol. The minimum Gasteiger partial charge on any atom is -0.507 e. The Labute approximate surface area is 223 Å². The summed E-state index contributed by atoms with van der Waals surface area (Å²) in [6.45, 7) is 4.62. The van der Waals surface area contributed by atoms with E-state index in [-0.39, 0.29) is 51.3 Å². The molecule has 1 fully saturated rings. The van der Waals surface area contributed by atoms with Crippen LogP contribution in [0.25, 0.3) is 0 Å². The molecule has 0 saturated carbocycles. The van der Waals surface area contributed by atoms with E-state index >= 15 is 0 Å². The summed E-state index contributed by atoms with van der Waals surface area (Å²) < 4.78 is 16.7. The molecule has 204 valence electrons. The number of hydrogen-bond acceptors (Lipinski definition) is 11. The van der Waals surface area contributed by atoms with Gasteiger partial charge < -0.3 is 34.6 Å². The fourth-order valence-electron chi connectivity index (χ4n) is 5.05. The lowest BCUT2D eigenvalue weighted by Gasteiger charge is -2.39. The van der Waals surface area contributed by atoms with Crippen LogP contribution in [0.4, 0.5) is 0 Å². The summed E-state index contributed by atoms with van der Waals surface area (Å²) >= 11 is 0. The van der Waals surface area contributed by atoms with Gasteiger partial charge in [-0.2, -0.15) is 0 Å². The Balaban J connectivity index is 1.68. The van der Waals surface area contributed by atoms with Gasteiger partial charge in [0.05, 0.1) is 18.2 Å². The molecule has 0 bridgehead atoms. The molecule has 0 amide bonds. The van der Waals surface area contributed by atoms with Crippen molar-refractivity contribution in [2.45, 2.75) is 57.9 Å². The topological polar surface area (TPSA) is 172 Å². The molecule has 39 heavy (non-hydrogen) atoms. The van der Waals surface area contributed by atoms with Gasteiger partial charge in [0.15, 0.2) is 11.6 Å². The molecule has 0 radical (unpaired) electrons. The third-order valence-electron chi connectivity index (χ3n) is 7.09. The molecule has 1 aliphatic carbocycles. The average Bonchev–Trinajstić information content (AvgIpc) is 3.41. The molecule has 1 saturated heterocycles. The van der Waals surface area contributed by atoms with Crippen LogP contribution in [0.15, 0.2) is 34.8 Å². The highest BCUT2D eigenvalue weighted by Crippen LogP contribution is 2.45. The van der Waals surface area contributed by atoms with Crippen LogP contribution in [0.3, 0.4) is 0 Å². The van der Waals surface area contributed by atoms with E-state index in [1.807, 2.05) is 6.08 Å². The maximum Gasteiger partial charge on any atom is 0.308 e. The number of esters is 1. The Hall–Kier alpha value is -3.90. The molecule has 0 unspecified atom stereocenters. The minimum absolute atomic E-state index is 0.0168. The second-order valence-electron chi connectivity index (χ2n) is 9.74. The van der Waals surface area contributed by atoms with Gasteiger partial charge in [-0.25, -0.2) is 0 Å². The number of benzene rings is 2. The molecule has 3 aliphatic rings. The molecule has 2 heterocycles. The third kappa shape index (κ3) is 4.53. The highest BCUT2D eigenvalue weighted by atomic mass is 16.7. The smallest absolute Gasteiger partial charge is 0.308 e. The first kappa shape index (κ1) is 26.7. The van der Waals surface area contributed by atoms with Crippen molar-refractivity contribution in [2.24, 2.45) is 4.99 Å². The van der Waals surface area contributed by atoms with Gasteiger partial charge in [-0.05, 0) is 37.6 Å². The summed E-state index contributed by atoms with van der Waals surface area (Å²) in [5.74, 6) is -2.23. The van der Waals surface area contributed by atoms with Crippen molar-refractivity contribution in [3.05, 3.63) is 63.2 Å². The summed E-state index contributed by atoms with van der Waals surface area (Å²) in [4.78, 5) is 43.2. The van der Waals surface area contributed by atoms with E-state index in [0.717, 1.165) is 5.57 Å². The van der Waals surface area contributed by atoms with Gasteiger partial charge in [0.1, 0.15) is 35.6 Å². The number of fused-ring (bicyclic) bond motifs is 2. The van der Waals surface area contributed by atoms with Gasteiger partial charge in [0.25, 0.3) is 0 Å². The molecule has 2 aliphatic heterocycles. The first-order valence-electron chi connectivity index (χ1n) is 12.3. The summed E-state index contributed by atoms with van der Waals surface area (Å²) in [6, 6.07) is 4.05. The van der Waals surface area contributed by atoms with Crippen LogP contribution in [0.1, 0.15) is 56.8 Å². The number of phenolic OH excluding ortho intramolecular Hbond substituents is 1. The number of ketones is 2. The number of ether oxygens (including phenoxy) is 3.